The monoisotopic (exact) mass is 345 g/mol. The lowest BCUT2D eigenvalue weighted by molar-refractivity contribution is 0.579. The summed E-state index contributed by atoms with van der Waals surface area (Å²) in [4.78, 5) is 8.03. The average molecular weight is 345 g/mol. The van der Waals surface area contributed by atoms with Crippen LogP contribution in [0.2, 0.25) is 0 Å². The van der Waals surface area contributed by atoms with Gasteiger partial charge in [0.15, 0.2) is 0 Å². The Morgan fingerprint density at radius 2 is 1.96 bits per heavy atom. The molecular formula is C16H19N5O2S. The van der Waals surface area contributed by atoms with E-state index in [0.717, 1.165) is 22.2 Å². The van der Waals surface area contributed by atoms with Gasteiger partial charge in [0.05, 0.1) is 11.2 Å². The summed E-state index contributed by atoms with van der Waals surface area (Å²) in [5.74, 6) is 0.320. The number of nitrogens with zero attached hydrogens (tertiary/aromatic N) is 4. The Kier molecular flexibility index (Phi) is 4.10. The normalized spacial score (nSPS) is 12.2. The summed E-state index contributed by atoms with van der Waals surface area (Å²) in [5.41, 5.74) is 3.41. The SMILES string of the molecule is CNS(=O)(=O)c1nccc(-c2ccc3nn(C)c(C(C)C)c3c2)n1. The maximum absolute atomic E-state index is 11.9. The number of benzene rings is 1. The largest absolute Gasteiger partial charge is 0.276 e. The first kappa shape index (κ1) is 16.5. The zero-order chi connectivity index (χ0) is 17.5. The molecule has 126 valence electrons. The Morgan fingerprint density at radius 1 is 1.21 bits per heavy atom. The van der Waals surface area contributed by atoms with E-state index in [1.54, 1.807) is 6.07 Å². The van der Waals surface area contributed by atoms with E-state index in [2.05, 4.69) is 33.6 Å². The summed E-state index contributed by atoms with van der Waals surface area (Å²) >= 11 is 0. The first-order valence-electron chi connectivity index (χ1n) is 7.57. The first-order chi connectivity index (χ1) is 11.3. The van der Waals surface area contributed by atoms with Crippen molar-refractivity contribution in [3.05, 3.63) is 36.2 Å². The minimum absolute atomic E-state index is 0.238. The molecule has 0 spiro atoms. The highest BCUT2D eigenvalue weighted by atomic mass is 32.2. The molecule has 0 fully saturated rings. The van der Waals surface area contributed by atoms with E-state index in [4.69, 9.17) is 0 Å². The van der Waals surface area contributed by atoms with Crippen LogP contribution in [0.4, 0.5) is 0 Å². The van der Waals surface area contributed by atoms with Gasteiger partial charge in [0, 0.05) is 29.9 Å². The lowest BCUT2D eigenvalue weighted by Gasteiger charge is -2.07. The Balaban J connectivity index is 2.17. The predicted octanol–water partition coefficient (Wildman–Crippen LogP) is 2.06. The van der Waals surface area contributed by atoms with Gasteiger partial charge in [0.1, 0.15) is 0 Å². The number of aryl methyl sites for hydroxylation is 1. The summed E-state index contributed by atoms with van der Waals surface area (Å²) < 4.78 is 27.9. The third-order valence-corrected chi connectivity index (χ3v) is 5.08. The highest BCUT2D eigenvalue weighted by Crippen LogP contribution is 2.29. The fourth-order valence-electron chi connectivity index (χ4n) is 2.78. The average Bonchev–Trinajstić information content (AvgIpc) is 2.90. The van der Waals surface area contributed by atoms with Crippen molar-refractivity contribution in [2.75, 3.05) is 7.05 Å². The topological polar surface area (TPSA) is 89.8 Å². The second kappa shape index (κ2) is 5.95. The quantitative estimate of drug-likeness (QED) is 0.731. The van der Waals surface area contributed by atoms with Gasteiger partial charge in [-0.05, 0) is 31.2 Å². The number of hydrogen-bond donors (Lipinski definition) is 1. The van der Waals surface area contributed by atoms with Gasteiger partial charge in [-0.15, -0.1) is 0 Å². The van der Waals surface area contributed by atoms with Crippen molar-refractivity contribution < 1.29 is 8.42 Å². The van der Waals surface area contributed by atoms with Crippen LogP contribution in [-0.4, -0.2) is 35.2 Å². The number of fused-ring (bicyclic) bond motifs is 1. The summed E-state index contributed by atoms with van der Waals surface area (Å²) in [6.07, 6.45) is 1.45. The van der Waals surface area contributed by atoms with Crippen LogP contribution < -0.4 is 4.72 Å². The van der Waals surface area contributed by atoms with Gasteiger partial charge in [-0.3, -0.25) is 4.68 Å². The Bertz CT molecular complexity index is 1010. The lowest BCUT2D eigenvalue weighted by Crippen LogP contribution is -2.21. The first-order valence-corrected chi connectivity index (χ1v) is 9.05. The molecule has 2 heterocycles. The van der Waals surface area contributed by atoms with Crippen molar-refractivity contribution >= 4 is 20.9 Å². The summed E-state index contributed by atoms with van der Waals surface area (Å²) in [7, 11) is -0.414. The minimum Gasteiger partial charge on any atom is -0.271 e. The fraction of sp³-hybridized carbons (Fsp3) is 0.312. The molecule has 8 heteroatoms. The Hall–Kier alpha value is -2.32. The Morgan fingerprint density at radius 3 is 2.62 bits per heavy atom. The lowest BCUT2D eigenvalue weighted by atomic mass is 10.0. The van der Waals surface area contributed by atoms with E-state index in [1.165, 1.54) is 13.2 Å². The van der Waals surface area contributed by atoms with Crippen LogP contribution in [0.25, 0.3) is 22.2 Å². The second-order valence-electron chi connectivity index (χ2n) is 5.83. The van der Waals surface area contributed by atoms with Crippen LogP contribution in [0.5, 0.6) is 0 Å². The molecule has 0 unspecified atom stereocenters. The van der Waals surface area contributed by atoms with Crippen molar-refractivity contribution in [3.8, 4) is 11.3 Å². The van der Waals surface area contributed by atoms with E-state index < -0.39 is 10.0 Å². The van der Waals surface area contributed by atoms with Crippen molar-refractivity contribution in [1.82, 2.24) is 24.5 Å². The van der Waals surface area contributed by atoms with E-state index in [1.807, 2.05) is 29.9 Å². The Labute approximate surface area is 140 Å². The molecule has 1 N–H and O–H groups in total. The highest BCUT2D eigenvalue weighted by Gasteiger charge is 2.17. The van der Waals surface area contributed by atoms with Gasteiger partial charge in [-0.2, -0.15) is 5.10 Å². The molecule has 0 aliphatic heterocycles. The van der Waals surface area contributed by atoms with E-state index in [0.29, 0.717) is 11.6 Å². The van der Waals surface area contributed by atoms with Gasteiger partial charge in [0.25, 0.3) is 15.2 Å². The second-order valence-corrected chi connectivity index (χ2v) is 7.61. The zero-order valence-corrected chi connectivity index (χ0v) is 14.8. The molecule has 7 nitrogen and oxygen atoms in total. The molecule has 0 saturated heterocycles. The number of aromatic nitrogens is 4. The molecule has 1 aromatic carbocycles. The van der Waals surface area contributed by atoms with Gasteiger partial charge in [-0.25, -0.2) is 23.1 Å². The number of sulfonamides is 1. The van der Waals surface area contributed by atoms with E-state index in [-0.39, 0.29) is 5.16 Å². The smallest absolute Gasteiger partial charge is 0.271 e. The van der Waals surface area contributed by atoms with Crippen LogP contribution in [0, 0.1) is 0 Å². The number of hydrogen-bond acceptors (Lipinski definition) is 5. The fourth-order valence-corrected chi connectivity index (χ4v) is 3.39. The molecule has 0 radical (unpaired) electrons. The van der Waals surface area contributed by atoms with Crippen LogP contribution in [0.3, 0.4) is 0 Å². The molecule has 2 aromatic heterocycles. The van der Waals surface area contributed by atoms with Crippen LogP contribution >= 0.6 is 0 Å². The predicted molar refractivity (Wildman–Crippen MR) is 92.1 cm³/mol. The molecule has 0 amide bonds. The van der Waals surface area contributed by atoms with Crippen LogP contribution in [0.1, 0.15) is 25.5 Å². The van der Waals surface area contributed by atoms with Crippen molar-refractivity contribution in [2.24, 2.45) is 7.05 Å². The van der Waals surface area contributed by atoms with Crippen LogP contribution in [0.15, 0.2) is 35.6 Å². The summed E-state index contributed by atoms with van der Waals surface area (Å²) in [6.45, 7) is 4.23. The third kappa shape index (κ3) is 2.78. The molecule has 3 aromatic rings. The molecular weight excluding hydrogens is 326 g/mol. The van der Waals surface area contributed by atoms with Gasteiger partial charge in [-0.1, -0.05) is 19.9 Å². The molecule has 3 rings (SSSR count). The maximum Gasteiger partial charge on any atom is 0.276 e. The number of rotatable bonds is 4. The van der Waals surface area contributed by atoms with Crippen molar-refractivity contribution in [3.63, 3.8) is 0 Å². The molecule has 0 aliphatic carbocycles. The maximum atomic E-state index is 11.9. The minimum atomic E-state index is -3.68. The summed E-state index contributed by atoms with van der Waals surface area (Å²) in [6, 6.07) is 7.50. The van der Waals surface area contributed by atoms with Crippen molar-refractivity contribution in [2.45, 2.75) is 24.9 Å². The molecule has 0 bridgehead atoms. The van der Waals surface area contributed by atoms with Crippen LogP contribution in [-0.2, 0) is 17.1 Å². The van der Waals surface area contributed by atoms with Crippen molar-refractivity contribution in [1.29, 1.82) is 0 Å². The molecule has 0 saturated carbocycles. The third-order valence-electron chi connectivity index (χ3n) is 3.86. The molecule has 24 heavy (non-hydrogen) atoms. The molecule has 0 atom stereocenters. The number of nitrogens with one attached hydrogen (secondary N) is 1. The van der Waals surface area contributed by atoms with E-state index >= 15 is 0 Å². The standard InChI is InChI=1S/C16H19N5O2S/c1-10(2)15-12-9-11(5-6-14(12)20-21(15)4)13-7-8-18-16(19-13)24(22,23)17-3/h5-10,17H,1-4H3. The van der Waals surface area contributed by atoms with Gasteiger partial charge >= 0.3 is 0 Å². The molecule has 0 aliphatic rings. The van der Waals surface area contributed by atoms with Gasteiger partial charge in [0.2, 0.25) is 0 Å². The summed E-state index contributed by atoms with van der Waals surface area (Å²) in [5, 5.41) is 5.32. The van der Waals surface area contributed by atoms with E-state index in [9.17, 15) is 8.42 Å². The zero-order valence-electron chi connectivity index (χ0n) is 14.0. The highest BCUT2D eigenvalue weighted by molar-refractivity contribution is 7.89. The van der Waals surface area contributed by atoms with Gasteiger partial charge < -0.3 is 0 Å².